The molecule has 3 rings (SSSR count). The van der Waals surface area contributed by atoms with Crippen LogP contribution in [-0.2, 0) is 6.54 Å². The lowest BCUT2D eigenvalue weighted by Crippen LogP contribution is -2.40. The highest BCUT2D eigenvalue weighted by molar-refractivity contribution is 7.99. The van der Waals surface area contributed by atoms with Crippen molar-refractivity contribution < 1.29 is 4.79 Å². The van der Waals surface area contributed by atoms with Crippen molar-refractivity contribution in [3.63, 3.8) is 0 Å². The van der Waals surface area contributed by atoms with Gasteiger partial charge in [0.15, 0.2) is 0 Å². The summed E-state index contributed by atoms with van der Waals surface area (Å²) < 4.78 is 1.95. The molecular formula is C17H22N4OS. The van der Waals surface area contributed by atoms with Gasteiger partial charge in [-0.05, 0) is 43.2 Å². The predicted octanol–water partition coefficient (Wildman–Crippen LogP) is 2.96. The molecule has 1 aliphatic rings. The fourth-order valence-electron chi connectivity index (χ4n) is 2.94. The van der Waals surface area contributed by atoms with Crippen molar-refractivity contribution in [2.24, 2.45) is 0 Å². The fourth-order valence-corrected chi connectivity index (χ4v) is 3.74. The lowest BCUT2D eigenvalue weighted by atomic mass is 10.2. The number of carbonyl (C=O) groups excluding carboxylic acids is 1. The van der Waals surface area contributed by atoms with Crippen LogP contribution in [0.15, 0.2) is 43.0 Å². The number of benzene rings is 1. The third kappa shape index (κ3) is 4.28. The van der Waals surface area contributed by atoms with Gasteiger partial charge in [0.2, 0.25) is 0 Å². The first-order valence-corrected chi connectivity index (χ1v) is 9.18. The number of rotatable bonds is 5. The van der Waals surface area contributed by atoms with Crippen LogP contribution in [0.4, 0.5) is 4.79 Å². The zero-order valence-electron chi connectivity index (χ0n) is 13.2. The molecule has 0 spiro atoms. The first kappa shape index (κ1) is 15.9. The molecule has 0 saturated heterocycles. The third-order valence-corrected chi connectivity index (χ3v) is 5.31. The van der Waals surface area contributed by atoms with Crippen molar-refractivity contribution in [1.82, 2.24) is 20.2 Å². The van der Waals surface area contributed by atoms with Crippen molar-refractivity contribution in [3.8, 4) is 5.69 Å². The Balaban J connectivity index is 1.50. The van der Waals surface area contributed by atoms with E-state index in [9.17, 15) is 4.79 Å². The summed E-state index contributed by atoms with van der Waals surface area (Å²) in [6.07, 6.45) is 10.9. The van der Waals surface area contributed by atoms with Gasteiger partial charge in [-0.25, -0.2) is 9.78 Å². The van der Waals surface area contributed by atoms with Crippen molar-refractivity contribution in [2.75, 3.05) is 6.26 Å². The largest absolute Gasteiger partial charge is 0.335 e. The number of amides is 2. The second kappa shape index (κ2) is 7.55. The second-order valence-electron chi connectivity index (χ2n) is 5.83. The van der Waals surface area contributed by atoms with E-state index < -0.39 is 0 Å². The van der Waals surface area contributed by atoms with Gasteiger partial charge in [0, 0.05) is 35.9 Å². The van der Waals surface area contributed by atoms with E-state index >= 15 is 0 Å². The Morgan fingerprint density at radius 1 is 1.43 bits per heavy atom. The Morgan fingerprint density at radius 2 is 2.35 bits per heavy atom. The predicted molar refractivity (Wildman–Crippen MR) is 93.9 cm³/mol. The molecule has 0 bridgehead atoms. The molecule has 122 valence electrons. The van der Waals surface area contributed by atoms with Gasteiger partial charge in [0.05, 0.1) is 6.33 Å². The molecule has 2 atom stereocenters. The van der Waals surface area contributed by atoms with E-state index in [1.807, 2.05) is 40.7 Å². The number of nitrogens with zero attached hydrogens (tertiary/aromatic N) is 2. The van der Waals surface area contributed by atoms with Gasteiger partial charge in [0.25, 0.3) is 0 Å². The molecule has 6 heteroatoms. The number of hydrogen-bond donors (Lipinski definition) is 2. The molecule has 0 unspecified atom stereocenters. The maximum atomic E-state index is 12.0. The van der Waals surface area contributed by atoms with Gasteiger partial charge >= 0.3 is 6.03 Å². The number of aromatic nitrogens is 2. The summed E-state index contributed by atoms with van der Waals surface area (Å²) in [5.74, 6) is 0. The average molecular weight is 330 g/mol. The van der Waals surface area contributed by atoms with E-state index in [-0.39, 0.29) is 6.03 Å². The van der Waals surface area contributed by atoms with Crippen LogP contribution in [0.1, 0.15) is 24.8 Å². The quantitative estimate of drug-likeness (QED) is 0.886. The maximum Gasteiger partial charge on any atom is 0.315 e. The Bertz CT molecular complexity index is 644. The smallest absolute Gasteiger partial charge is 0.315 e. The van der Waals surface area contributed by atoms with Crippen molar-refractivity contribution in [1.29, 1.82) is 0 Å². The first-order valence-electron chi connectivity index (χ1n) is 7.89. The Morgan fingerprint density at radius 3 is 3.09 bits per heavy atom. The Hall–Kier alpha value is -1.95. The molecule has 2 aromatic rings. The average Bonchev–Trinajstić information content (AvgIpc) is 3.25. The summed E-state index contributed by atoms with van der Waals surface area (Å²) in [4.78, 5) is 16.1. The number of hydrogen-bond acceptors (Lipinski definition) is 3. The monoisotopic (exact) mass is 330 g/mol. The van der Waals surface area contributed by atoms with Crippen LogP contribution in [0.5, 0.6) is 0 Å². The second-order valence-corrected chi connectivity index (χ2v) is 6.97. The number of nitrogens with one attached hydrogen (secondary N) is 2. The van der Waals surface area contributed by atoms with Crippen LogP contribution in [-0.4, -0.2) is 33.1 Å². The highest BCUT2D eigenvalue weighted by Crippen LogP contribution is 2.27. The standard InChI is InChI=1S/C17H22N4OS/c1-23-16-6-5-14(10-16)20-17(22)19-11-13-3-2-4-15(9-13)21-8-7-18-12-21/h2-4,7-9,12,14,16H,5-6,10-11H2,1H3,(H2,19,20,22)/t14-,16+/m1/s1. The Labute approximate surface area is 140 Å². The molecule has 1 fully saturated rings. The van der Waals surface area contributed by atoms with E-state index in [0.717, 1.165) is 24.1 Å². The van der Waals surface area contributed by atoms with Crippen LogP contribution in [0.2, 0.25) is 0 Å². The summed E-state index contributed by atoms with van der Waals surface area (Å²) in [6, 6.07) is 8.31. The van der Waals surface area contributed by atoms with Crippen molar-refractivity contribution in [2.45, 2.75) is 37.1 Å². The SMILES string of the molecule is CS[C@H]1CC[C@@H](NC(=O)NCc2cccc(-n3ccnc3)c2)C1. The lowest BCUT2D eigenvalue weighted by Gasteiger charge is -2.14. The highest BCUT2D eigenvalue weighted by atomic mass is 32.2. The number of carbonyl (C=O) groups is 1. The summed E-state index contributed by atoms with van der Waals surface area (Å²) in [7, 11) is 0. The van der Waals surface area contributed by atoms with E-state index in [1.54, 1.807) is 12.5 Å². The number of urea groups is 1. The third-order valence-electron chi connectivity index (χ3n) is 4.22. The number of imidazole rings is 1. The normalized spacial score (nSPS) is 20.4. The molecule has 1 aliphatic carbocycles. The van der Waals surface area contributed by atoms with Crippen LogP contribution >= 0.6 is 11.8 Å². The molecule has 0 aliphatic heterocycles. The minimum atomic E-state index is -0.0789. The van der Waals surface area contributed by atoms with Crippen LogP contribution in [0.25, 0.3) is 5.69 Å². The maximum absolute atomic E-state index is 12.0. The van der Waals surface area contributed by atoms with Gasteiger partial charge in [0.1, 0.15) is 0 Å². The molecule has 0 radical (unpaired) electrons. The van der Waals surface area contributed by atoms with E-state index in [4.69, 9.17) is 0 Å². The molecule has 2 N–H and O–H groups in total. The molecule has 1 aromatic heterocycles. The molecule has 1 aromatic carbocycles. The fraction of sp³-hybridized carbons (Fsp3) is 0.412. The zero-order chi connectivity index (χ0) is 16.1. The van der Waals surface area contributed by atoms with E-state index in [0.29, 0.717) is 17.8 Å². The van der Waals surface area contributed by atoms with Crippen LogP contribution in [0.3, 0.4) is 0 Å². The van der Waals surface area contributed by atoms with E-state index in [2.05, 4.69) is 27.9 Å². The van der Waals surface area contributed by atoms with Gasteiger partial charge in [-0.2, -0.15) is 11.8 Å². The van der Waals surface area contributed by atoms with Crippen LogP contribution < -0.4 is 10.6 Å². The van der Waals surface area contributed by atoms with Crippen LogP contribution in [0, 0.1) is 0 Å². The molecule has 5 nitrogen and oxygen atoms in total. The van der Waals surface area contributed by atoms with Crippen molar-refractivity contribution in [3.05, 3.63) is 48.5 Å². The summed E-state index contributed by atoms with van der Waals surface area (Å²) in [6.45, 7) is 0.521. The summed E-state index contributed by atoms with van der Waals surface area (Å²) in [5.41, 5.74) is 2.11. The highest BCUT2D eigenvalue weighted by Gasteiger charge is 2.24. The van der Waals surface area contributed by atoms with Gasteiger partial charge in [-0.3, -0.25) is 0 Å². The Kier molecular flexibility index (Phi) is 5.23. The van der Waals surface area contributed by atoms with E-state index in [1.165, 1.54) is 6.42 Å². The van der Waals surface area contributed by atoms with Crippen molar-refractivity contribution >= 4 is 17.8 Å². The zero-order valence-corrected chi connectivity index (χ0v) is 14.1. The minimum Gasteiger partial charge on any atom is -0.335 e. The molecule has 1 saturated carbocycles. The minimum absolute atomic E-state index is 0.0789. The lowest BCUT2D eigenvalue weighted by molar-refractivity contribution is 0.236. The molecule has 23 heavy (non-hydrogen) atoms. The molecular weight excluding hydrogens is 308 g/mol. The van der Waals surface area contributed by atoms with Gasteiger partial charge in [-0.15, -0.1) is 0 Å². The summed E-state index contributed by atoms with van der Waals surface area (Å²) in [5, 5.41) is 6.71. The van der Waals surface area contributed by atoms with Gasteiger partial charge in [-0.1, -0.05) is 12.1 Å². The topological polar surface area (TPSA) is 59.0 Å². The number of thioether (sulfide) groups is 1. The van der Waals surface area contributed by atoms with Gasteiger partial charge < -0.3 is 15.2 Å². The molecule has 2 amide bonds. The summed E-state index contributed by atoms with van der Waals surface area (Å²) >= 11 is 1.89. The first-order chi connectivity index (χ1) is 11.2. The molecule has 1 heterocycles.